The molecule has 0 radical (unpaired) electrons. The molecule has 136 valence electrons. The van der Waals surface area contributed by atoms with Crippen LogP contribution in [-0.4, -0.2) is 12.8 Å². The highest BCUT2D eigenvalue weighted by molar-refractivity contribution is 7.99. The number of hydrogen-bond donors (Lipinski definition) is 2. The Morgan fingerprint density at radius 2 is 1.96 bits per heavy atom. The van der Waals surface area contributed by atoms with Crippen molar-refractivity contribution in [1.29, 1.82) is 5.26 Å². The average Bonchev–Trinajstić information content (AvgIpc) is 3.51. The molecule has 3 rings (SSSR count). The molecule has 0 amide bonds. The van der Waals surface area contributed by atoms with E-state index in [9.17, 15) is 4.39 Å². The smallest absolute Gasteiger partial charge is 0.141 e. The molecule has 3 nitrogen and oxygen atoms in total. The zero-order valence-corrected chi connectivity index (χ0v) is 16.0. The minimum atomic E-state index is -0.531. The van der Waals surface area contributed by atoms with Crippen LogP contribution in [-0.2, 0) is 0 Å². The van der Waals surface area contributed by atoms with Crippen molar-refractivity contribution in [3.05, 3.63) is 65.5 Å². The predicted molar refractivity (Wildman–Crippen MR) is 111 cm³/mol. The lowest BCUT2D eigenvalue weighted by Crippen LogP contribution is -2.02. The van der Waals surface area contributed by atoms with E-state index in [4.69, 9.17) is 5.26 Å². The van der Waals surface area contributed by atoms with Gasteiger partial charge >= 0.3 is 0 Å². The van der Waals surface area contributed by atoms with Gasteiger partial charge in [-0.2, -0.15) is 5.26 Å². The van der Waals surface area contributed by atoms with Crippen LogP contribution in [0.15, 0.2) is 43.0 Å². The largest absolute Gasteiger partial charge is 0.385 e. The summed E-state index contributed by atoms with van der Waals surface area (Å²) in [6.07, 6.45) is 6.46. The molecule has 0 heterocycles. The average molecular weight is 370 g/mol. The third kappa shape index (κ3) is 5.53. The van der Waals surface area contributed by atoms with Crippen molar-refractivity contribution in [3.63, 3.8) is 0 Å². The summed E-state index contributed by atoms with van der Waals surface area (Å²) >= 11 is 1.52. The fourth-order valence-electron chi connectivity index (χ4n) is 2.27. The van der Waals surface area contributed by atoms with Gasteiger partial charge in [0.25, 0.3) is 0 Å². The first kappa shape index (κ1) is 19.9. The Kier molecular flexibility index (Phi) is 7.55. The van der Waals surface area contributed by atoms with Crippen LogP contribution in [0.4, 0.5) is 15.8 Å². The topological polar surface area (TPSA) is 47.9 Å². The fraction of sp³-hybridized carbons (Fsp3) is 0.286. The molecule has 0 aliphatic heterocycles. The normalized spacial score (nSPS) is 11.6. The van der Waals surface area contributed by atoms with Crippen molar-refractivity contribution < 1.29 is 4.39 Å². The van der Waals surface area contributed by atoms with Gasteiger partial charge in [-0.25, -0.2) is 4.39 Å². The van der Waals surface area contributed by atoms with Crippen LogP contribution < -0.4 is 10.0 Å². The molecule has 1 fully saturated rings. The van der Waals surface area contributed by atoms with E-state index in [0.29, 0.717) is 11.1 Å². The zero-order chi connectivity index (χ0) is 18.9. The van der Waals surface area contributed by atoms with Crippen molar-refractivity contribution >= 4 is 28.9 Å². The van der Waals surface area contributed by atoms with Gasteiger partial charge in [-0.15, -0.1) is 0 Å². The van der Waals surface area contributed by atoms with Gasteiger partial charge in [0.15, 0.2) is 0 Å². The van der Waals surface area contributed by atoms with Crippen LogP contribution >= 0.6 is 11.9 Å². The van der Waals surface area contributed by atoms with E-state index in [0.717, 1.165) is 23.5 Å². The fourth-order valence-corrected chi connectivity index (χ4v) is 2.64. The minimum Gasteiger partial charge on any atom is -0.385 e. The lowest BCUT2D eigenvalue weighted by molar-refractivity contribution is 0.623. The Balaban J connectivity index is 0.000000732. The monoisotopic (exact) mass is 369 g/mol. The summed E-state index contributed by atoms with van der Waals surface area (Å²) in [7, 11) is 0. The number of hydrogen-bond acceptors (Lipinski definition) is 4. The van der Waals surface area contributed by atoms with Gasteiger partial charge in [0, 0.05) is 29.7 Å². The van der Waals surface area contributed by atoms with Crippen LogP contribution in [0.5, 0.6) is 0 Å². The Morgan fingerprint density at radius 3 is 2.50 bits per heavy atom. The second-order valence-corrected chi connectivity index (χ2v) is 6.55. The number of nitrogens with one attached hydrogen (secondary N) is 2. The third-order valence-corrected chi connectivity index (χ3v) is 4.16. The second-order valence-electron chi connectivity index (χ2n) is 5.94. The van der Waals surface area contributed by atoms with Gasteiger partial charge in [-0.1, -0.05) is 49.9 Å². The van der Waals surface area contributed by atoms with E-state index >= 15 is 0 Å². The summed E-state index contributed by atoms with van der Waals surface area (Å²) in [6, 6.07) is 12.3. The molecule has 0 saturated heterocycles. The SMILES string of the molecule is C1CC1.C=C(c1ccc(C#N)c(F)c1)c1ccc(NSC)cc1NCC. The van der Waals surface area contributed by atoms with E-state index in [1.54, 1.807) is 6.07 Å². The summed E-state index contributed by atoms with van der Waals surface area (Å²) in [5.74, 6) is -0.531. The molecule has 0 spiro atoms. The van der Waals surface area contributed by atoms with E-state index in [-0.39, 0.29) is 5.56 Å². The Labute approximate surface area is 159 Å². The van der Waals surface area contributed by atoms with Crippen LogP contribution in [0.1, 0.15) is 42.9 Å². The maximum absolute atomic E-state index is 13.8. The summed E-state index contributed by atoms with van der Waals surface area (Å²) in [5.41, 5.74) is 4.22. The lowest BCUT2D eigenvalue weighted by atomic mass is 9.96. The summed E-state index contributed by atoms with van der Waals surface area (Å²) in [6.45, 7) is 6.88. The maximum Gasteiger partial charge on any atom is 0.141 e. The number of anilines is 2. The molecule has 1 saturated carbocycles. The van der Waals surface area contributed by atoms with Gasteiger partial charge in [0.1, 0.15) is 11.9 Å². The zero-order valence-electron chi connectivity index (χ0n) is 15.2. The molecule has 26 heavy (non-hydrogen) atoms. The highest BCUT2D eigenvalue weighted by Crippen LogP contribution is 2.31. The standard InChI is InChI=1S/C18H18FN3S.C3H6/c1-4-21-18-10-15(22-23-3)7-8-16(18)12(2)13-5-6-14(11-20)17(19)9-13;1-2-3-1/h5-10,21-22H,2,4H2,1,3H3;1-3H2. The molecular weight excluding hydrogens is 345 g/mol. The summed E-state index contributed by atoms with van der Waals surface area (Å²) in [5, 5.41) is 12.1. The van der Waals surface area contributed by atoms with E-state index in [2.05, 4.69) is 16.6 Å². The van der Waals surface area contributed by atoms with Gasteiger partial charge in [0.05, 0.1) is 5.56 Å². The van der Waals surface area contributed by atoms with Crippen molar-refractivity contribution in [2.45, 2.75) is 26.2 Å². The van der Waals surface area contributed by atoms with E-state index < -0.39 is 5.82 Å². The molecule has 1 aliphatic rings. The maximum atomic E-state index is 13.8. The van der Waals surface area contributed by atoms with E-state index in [1.165, 1.54) is 43.3 Å². The predicted octanol–water partition coefficient (Wildman–Crippen LogP) is 6.05. The molecule has 2 N–H and O–H groups in total. The molecule has 0 unspecified atom stereocenters. The Hall–Kier alpha value is -2.45. The van der Waals surface area contributed by atoms with Gasteiger partial charge in [-0.3, -0.25) is 0 Å². The van der Waals surface area contributed by atoms with Crippen LogP contribution in [0.2, 0.25) is 0 Å². The van der Waals surface area contributed by atoms with Crippen LogP contribution in [0, 0.1) is 17.1 Å². The van der Waals surface area contributed by atoms with Crippen molar-refractivity contribution in [1.82, 2.24) is 0 Å². The van der Waals surface area contributed by atoms with Gasteiger partial charge in [0.2, 0.25) is 0 Å². The lowest BCUT2D eigenvalue weighted by Gasteiger charge is -2.15. The highest BCUT2D eigenvalue weighted by Gasteiger charge is 2.11. The molecule has 0 atom stereocenters. The Morgan fingerprint density at radius 1 is 1.23 bits per heavy atom. The first-order valence-electron chi connectivity index (χ1n) is 8.67. The molecule has 1 aliphatic carbocycles. The first-order valence-corrected chi connectivity index (χ1v) is 9.89. The Bertz CT molecular complexity index is 807. The molecular formula is C21H24FN3S. The molecule has 0 aromatic heterocycles. The number of rotatable bonds is 6. The quantitative estimate of drug-likeness (QED) is 0.608. The molecule has 2 aromatic rings. The van der Waals surface area contributed by atoms with Crippen LogP contribution in [0.25, 0.3) is 5.57 Å². The first-order chi connectivity index (χ1) is 12.6. The molecule has 2 aromatic carbocycles. The van der Waals surface area contributed by atoms with Crippen molar-refractivity contribution in [2.75, 3.05) is 22.8 Å². The van der Waals surface area contributed by atoms with E-state index in [1.807, 2.05) is 37.4 Å². The van der Waals surface area contributed by atoms with Crippen LogP contribution in [0.3, 0.4) is 0 Å². The third-order valence-electron chi connectivity index (χ3n) is 3.72. The number of halogens is 1. The number of nitrogens with zero attached hydrogens (tertiary/aromatic N) is 1. The van der Waals surface area contributed by atoms with Crippen molar-refractivity contribution in [3.8, 4) is 6.07 Å². The molecule has 0 bridgehead atoms. The van der Waals surface area contributed by atoms with Crippen molar-refractivity contribution in [2.24, 2.45) is 0 Å². The summed E-state index contributed by atoms with van der Waals surface area (Å²) < 4.78 is 17.0. The number of nitriles is 1. The second kappa shape index (κ2) is 9.88. The molecule has 5 heteroatoms. The van der Waals surface area contributed by atoms with Gasteiger partial charge in [-0.05, 0) is 42.3 Å². The van der Waals surface area contributed by atoms with Gasteiger partial charge < -0.3 is 10.0 Å². The number of benzene rings is 2. The summed E-state index contributed by atoms with van der Waals surface area (Å²) in [4.78, 5) is 0. The highest BCUT2D eigenvalue weighted by atomic mass is 32.2. The minimum absolute atomic E-state index is 0.0352.